The highest BCUT2D eigenvalue weighted by Crippen LogP contribution is 2.38. The Morgan fingerprint density at radius 1 is 1.36 bits per heavy atom. The highest BCUT2D eigenvalue weighted by molar-refractivity contribution is 7.22. The van der Waals surface area contributed by atoms with E-state index >= 15 is 0 Å². The van der Waals surface area contributed by atoms with Gasteiger partial charge in [0.15, 0.2) is 0 Å². The number of nitrogens with zero attached hydrogens (tertiary/aromatic N) is 2. The van der Waals surface area contributed by atoms with E-state index in [1.807, 2.05) is 18.2 Å². The number of H-pyrrole nitrogens is 1. The van der Waals surface area contributed by atoms with Gasteiger partial charge in [-0.05, 0) is 31.4 Å². The van der Waals surface area contributed by atoms with Crippen LogP contribution in [0.2, 0.25) is 0 Å². The second kappa shape index (κ2) is 5.26. The molecule has 5 N–H and O–H groups in total. The van der Waals surface area contributed by atoms with Gasteiger partial charge in [-0.1, -0.05) is 0 Å². The van der Waals surface area contributed by atoms with Crippen molar-refractivity contribution in [1.82, 2.24) is 15.2 Å². The summed E-state index contributed by atoms with van der Waals surface area (Å²) in [5.41, 5.74) is 8.71. The van der Waals surface area contributed by atoms with Crippen molar-refractivity contribution in [3.8, 4) is 10.6 Å². The maximum atomic E-state index is 10.0. The van der Waals surface area contributed by atoms with Crippen molar-refractivity contribution in [3.63, 3.8) is 0 Å². The Morgan fingerprint density at radius 2 is 2.27 bits per heavy atom. The van der Waals surface area contributed by atoms with Gasteiger partial charge in [0.1, 0.15) is 5.82 Å². The average Bonchev–Trinajstić information content (AvgIpc) is 3.19. The molecule has 0 aliphatic heterocycles. The molecule has 0 amide bonds. The van der Waals surface area contributed by atoms with Crippen molar-refractivity contribution >= 4 is 33.1 Å². The van der Waals surface area contributed by atoms with Crippen LogP contribution in [0.25, 0.3) is 20.8 Å². The Kier molecular flexibility index (Phi) is 3.24. The van der Waals surface area contributed by atoms with Crippen LogP contribution in [0.15, 0.2) is 24.4 Å². The average molecular weight is 315 g/mol. The first-order chi connectivity index (χ1) is 10.7. The van der Waals surface area contributed by atoms with Gasteiger partial charge in [0.25, 0.3) is 0 Å². The Morgan fingerprint density at radius 3 is 3.00 bits per heavy atom. The summed E-state index contributed by atoms with van der Waals surface area (Å²) in [7, 11) is 0. The Labute approximate surface area is 131 Å². The van der Waals surface area contributed by atoms with E-state index in [1.165, 1.54) is 0 Å². The fourth-order valence-electron chi connectivity index (χ4n) is 2.98. The minimum Gasteiger partial charge on any atom is -0.391 e. The second-order valence-electron chi connectivity index (χ2n) is 5.64. The summed E-state index contributed by atoms with van der Waals surface area (Å²) in [6.45, 7) is 0. The molecule has 2 atom stereocenters. The third-order valence-corrected chi connectivity index (χ3v) is 5.28. The molecule has 0 bridgehead atoms. The molecule has 1 fully saturated rings. The fourth-order valence-corrected chi connectivity index (χ4v) is 4.03. The molecule has 7 heteroatoms. The number of nitrogens with two attached hydrogens (primary N) is 1. The van der Waals surface area contributed by atoms with Gasteiger partial charge in [0, 0.05) is 12.3 Å². The van der Waals surface area contributed by atoms with Crippen LogP contribution in [0, 0.1) is 0 Å². The van der Waals surface area contributed by atoms with Crippen LogP contribution in [0.4, 0.5) is 11.5 Å². The smallest absolute Gasteiger partial charge is 0.126 e. The van der Waals surface area contributed by atoms with Gasteiger partial charge >= 0.3 is 0 Å². The van der Waals surface area contributed by atoms with Gasteiger partial charge in [0.2, 0.25) is 0 Å². The summed E-state index contributed by atoms with van der Waals surface area (Å²) in [6, 6.07) is 5.88. The molecular formula is C15H17N5OS. The lowest BCUT2D eigenvalue weighted by atomic mass is 10.2. The predicted octanol–water partition coefficient (Wildman–Crippen LogP) is 2.59. The van der Waals surface area contributed by atoms with Crippen LogP contribution >= 0.6 is 11.3 Å². The predicted molar refractivity (Wildman–Crippen MR) is 88.9 cm³/mol. The third kappa shape index (κ3) is 2.32. The zero-order chi connectivity index (χ0) is 15.1. The van der Waals surface area contributed by atoms with E-state index in [1.54, 1.807) is 17.5 Å². The molecule has 0 spiro atoms. The lowest BCUT2D eigenvalue weighted by molar-refractivity contribution is 0.172. The Balaban J connectivity index is 1.76. The van der Waals surface area contributed by atoms with Crippen molar-refractivity contribution < 1.29 is 5.11 Å². The van der Waals surface area contributed by atoms with Crippen LogP contribution in [0.3, 0.4) is 0 Å². The molecule has 1 saturated carbocycles. The molecule has 0 aromatic carbocycles. The molecule has 22 heavy (non-hydrogen) atoms. The van der Waals surface area contributed by atoms with Crippen molar-refractivity contribution in [1.29, 1.82) is 0 Å². The molecule has 0 radical (unpaired) electrons. The quantitative estimate of drug-likeness (QED) is 0.595. The first-order valence-corrected chi connectivity index (χ1v) is 8.17. The van der Waals surface area contributed by atoms with Crippen molar-refractivity contribution in [2.24, 2.45) is 0 Å². The first kappa shape index (κ1) is 13.5. The number of pyridine rings is 1. The maximum absolute atomic E-state index is 10.0. The number of anilines is 2. The van der Waals surface area contributed by atoms with Gasteiger partial charge < -0.3 is 16.2 Å². The number of aliphatic hydroxyl groups is 1. The topological polar surface area (TPSA) is 99.9 Å². The number of nitrogens with one attached hydrogen (secondary N) is 2. The highest BCUT2D eigenvalue weighted by Gasteiger charge is 2.26. The van der Waals surface area contributed by atoms with Crippen LogP contribution in [0.1, 0.15) is 19.3 Å². The summed E-state index contributed by atoms with van der Waals surface area (Å²) < 4.78 is 1.05. The standard InChI is InChI=1S/C15H17N5OS/c16-14-7-11(18-8-2-1-3-12(8)21)15-10(19-14)6-13(22-15)9-4-5-17-20-9/h4-8,12,21H,1-3H2,(H,17,20)(H3,16,18,19)/t8?,12-/m0/s1. The maximum Gasteiger partial charge on any atom is 0.126 e. The van der Waals surface area contributed by atoms with E-state index < -0.39 is 0 Å². The number of thiophene rings is 1. The lowest BCUT2D eigenvalue weighted by Gasteiger charge is -2.18. The van der Waals surface area contributed by atoms with Crippen molar-refractivity contribution in [2.75, 3.05) is 11.1 Å². The number of rotatable bonds is 3. The molecule has 3 aromatic heterocycles. The van der Waals surface area contributed by atoms with Gasteiger partial charge in [-0.25, -0.2) is 4.98 Å². The van der Waals surface area contributed by atoms with E-state index in [-0.39, 0.29) is 12.1 Å². The van der Waals surface area contributed by atoms with Gasteiger partial charge in [-0.2, -0.15) is 5.10 Å². The molecule has 3 aromatic rings. The second-order valence-corrected chi connectivity index (χ2v) is 6.69. The minimum absolute atomic E-state index is 0.0858. The molecule has 0 saturated heterocycles. The number of nitrogen functional groups attached to an aromatic ring is 1. The zero-order valence-corrected chi connectivity index (χ0v) is 12.7. The highest BCUT2D eigenvalue weighted by atomic mass is 32.1. The van der Waals surface area contributed by atoms with Gasteiger partial charge in [-0.3, -0.25) is 5.10 Å². The normalized spacial score (nSPS) is 21.5. The molecule has 1 aliphatic carbocycles. The number of aliphatic hydroxyl groups excluding tert-OH is 1. The Bertz CT molecular complexity index is 798. The molecule has 6 nitrogen and oxygen atoms in total. The molecule has 1 unspecified atom stereocenters. The molecule has 4 rings (SSSR count). The molecule has 114 valence electrons. The van der Waals surface area contributed by atoms with E-state index in [4.69, 9.17) is 5.73 Å². The summed E-state index contributed by atoms with van der Waals surface area (Å²) >= 11 is 1.64. The summed E-state index contributed by atoms with van der Waals surface area (Å²) in [6.07, 6.45) is 4.31. The monoisotopic (exact) mass is 315 g/mol. The molecule has 1 aliphatic rings. The number of hydrogen-bond donors (Lipinski definition) is 4. The van der Waals surface area contributed by atoms with E-state index in [2.05, 4.69) is 20.5 Å². The lowest BCUT2D eigenvalue weighted by Crippen LogP contribution is -2.27. The fraction of sp³-hybridized carbons (Fsp3) is 0.333. The van der Waals surface area contributed by atoms with Crippen LogP contribution in [0.5, 0.6) is 0 Å². The minimum atomic E-state index is -0.295. The SMILES string of the molecule is Nc1cc(NC2CCC[C@@H]2O)c2sc(-c3ccn[nH]3)cc2n1. The molecule has 3 heterocycles. The van der Waals surface area contributed by atoms with Crippen LogP contribution < -0.4 is 11.1 Å². The third-order valence-electron chi connectivity index (χ3n) is 4.09. The summed E-state index contributed by atoms with van der Waals surface area (Å²) in [5, 5.41) is 20.4. The van der Waals surface area contributed by atoms with Crippen molar-refractivity contribution in [2.45, 2.75) is 31.4 Å². The summed E-state index contributed by atoms with van der Waals surface area (Å²) in [5.74, 6) is 0.483. The summed E-state index contributed by atoms with van der Waals surface area (Å²) in [4.78, 5) is 5.48. The Hall–Kier alpha value is -2.12. The number of aromatic nitrogens is 3. The van der Waals surface area contributed by atoms with E-state index in [0.717, 1.165) is 45.7 Å². The van der Waals surface area contributed by atoms with E-state index in [9.17, 15) is 5.11 Å². The number of aromatic amines is 1. The number of fused-ring (bicyclic) bond motifs is 1. The van der Waals surface area contributed by atoms with Crippen molar-refractivity contribution in [3.05, 3.63) is 24.4 Å². The van der Waals surface area contributed by atoms with Gasteiger partial charge in [-0.15, -0.1) is 11.3 Å². The number of hydrogen-bond acceptors (Lipinski definition) is 6. The first-order valence-electron chi connectivity index (χ1n) is 7.35. The van der Waals surface area contributed by atoms with Gasteiger partial charge in [0.05, 0.1) is 38.6 Å². The van der Waals surface area contributed by atoms with Crippen LogP contribution in [-0.4, -0.2) is 32.4 Å². The van der Waals surface area contributed by atoms with Crippen LogP contribution in [-0.2, 0) is 0 Å². The largest absolute Gasteiger partial charge is 0.391 e. The zero-order valence-electron chi connectivity index (χ0n) is 11.9. The van der Waals surface area contributed by atoms with E-state index in [0.29, 0.717) is 5.82 Å². The molecular weight excluding hydrogens is 298 g/mol.